The lowest BCUT2D eigenvalue weighted by Gasteiger charge is -2.16. The lowest BCUT2D eigenvalue weighted by molar-refractivity contribution is 0.0626. The highest BCUT2D eigenvalue weighted by Gasteiger charge is 2.10. The zero-order valence-electron chi connectivity index (χ0n) is 9.91. The Morgan fingerprint density at radius 3 is 2.73 bits per heavy atom. The van der Waals surface area contributed by atoms with E-state index >= 15 is 0 Å². The van der Waals surface area contributed by atoms with Gasteiger partial charge in [-0.2, -0.15) is 0 Å². The predicted molar refractivity (Wildman–Crippen MR) is 64.5 cm³/mol. The minimum Gasteiger partial charge on any atom is -0.377 e. The topological polar surface area (TPSA) is 34.1 Å². The second-order valence-electron chi connectivity index (χ2n) is 3.93. The van der Waals surface area contributed by atoms with Gasteiger partial charge in [-0.25, -0.2) is 4.98 Å². The van der Waals surface area contributed by atoms with Crippen molar-refractivity contribution in [3.8, 4) is 0 Å². The Hall–Kier alpha value is -0.450. The van der Waals surface area contributed by atoms with E-state index in [1.54, 1.807) is 11.3 Å². The molecule has 1 heterocycles. The summed E-state index contributed by atoms with van der Waals surface area (Å²) >= 11 is 1.70. The Kier molecular flexibility index (Phi) is 5.22. The van der Waals surface area contributed by atoms with Crippen molar-refractivity contribution in [2.24, 2.45) is 0 Å². The second kappa shape index (κ2) is 6.20. The van der Waals surface area contributed by atoms with Gasteiger partial charge in [-0.15, -0.1) is 11.3 Å². The summed E-state index contributed by atoms with van der Waals surface area (Å²) in [6.07, 6.45) is 1.23. The fourth-order valence-corrected chi connectivity index (χ4v) is 1.93. The molecule has 1 atom stereocenters. The van der Waals surface area contributed by atoms with Crippen LogP contribution in [-0.4, -0.2) is 30.8 Å². The number of nitrogens with one attached hydrogen (secondary N) is 1. The molecule has 1 N–H and O–H groups in total. The van der Waals surface area contributed by atoms with Crippen molar-refractivity contribution >= 4 is 11.3 Å². The van der Waals surface area contributed by atoms with Gasteiger partial charge in [0.2, 0.25) is 0 Å². The van der Waals surface area contributed by atoms with Crippen LogP contribution in [-0.2, 0) is 11.2 Å². The lowest BCUT2D eigenvalue weighted by Crippen LogP contribution is -2.33. The maximum Gasteiger partial charge on any atom is 0.0897 e. The van der Waals surface area contributed by atoms with Crippen LogP contribution in [0.3, 0.4) is 0 Å². The molecule has 0 aliphatic rings. The third kappa shape index (κ3) is 4.73. The molecule has 0 fully saturated rings. The number of ether oxygens (including phenoxy) is 1. The highest BCUT2D eigenvalue weighted by atomic mass is 32.1. The quantitative estimate of drug-likeness (QED) is 0.808. The van der Waals surface area contributed by atoms with E-state index in [4.69, 9.17) is 4.74 Å². The van der Waals surface area contributed by atoms with Crippen LogP contribution in [0.25, 0.3) is 0 Å². The fourth-order valence-electron chi connectivity index (χ4n) is 1.31. The number of aromatic nitrogens is 1. The average Bonchev–Trinajstić information content (AvgIpc) is 2.58. The highest BCUT2D eigenvalue weighted by Crippen LogP contribution is 2.10. The maximum absolute atomic E-state index is 5.59. The number of hydrogen-bond acceptors (Lipinski definition) is 4. The van der Waals surface area contributed by atoms with Crippen molar-refractivity contribution in [1.29, 1.82) is 0 Å². The molecule has 0 bridgehead atoms. The summed E-state index contributed by atoms with van der Waals surface area (Å²) in [5.74, 6) is 0. The van der Waals surface area contributed by atoms with Crippen molar-refractivity contribution in [2.75, 3.05) is 13.7 Å². The maximum atomic E-state index is 5.59. The molecule has 1 aromatic rings. The van der Waals surface area contributed by atoms with Crippen LogP contribution in [0.1, 0.15) is 24.5 Å². The third-order valence-corrected chi connectivity index (χ3v) is 2.98. The first-order chi connectivity index (χ1) is 7.11. The van der Waals surface area contributed by atoms with E-state index in [0.717, 1.165) is 23.7 Å². The van der Waals surface area contributed by atoms with Gasteiger partial charge in [0.1, 0.15) is 0 Å². The van der Waals surface area contributed by atoms with E-state index in [2.05, 4.69) is 29.5 Å². The monoisotopic (exact) mass is 228 g/mol. The molecule has 1 aromatic heterocycles. The highest BCUT2D eigenvalue weighted by molar-refractivity contribution is 7.09. The summed E-state index contributed by atoms with van der Waals surface area (Å²) in [4.78, 5) is 4.45. The molecule has 3 nitrogen and oxygen atoms in total. The van der Waals surface area contributed by atoms with Crippen LogP contribution in [0, 0.1) is 6.92 Å². The fraction of sp³-hybridized carbons (Fsp3) is 0.727. The van der Waals surface area contributed by atoms with Gasteiger partial charge < -0.3 is 10.1 Å². The summed E-state index contributed by atoms with van der Waals surface area (Å²) in [5.41, 5.74) is 1.16. The normalized spacial score (nSPS) is 13.4. The summed E-state index contributed by atoms with van der Waals surface area (Å²) in [5, 5.41) is 6.50. The van der Waals surface area contributed by atoms with Crippen LogP contribution >= 0.6 is 11.3 Å². The molecular weight excluding hydrogens is 208 g/mol. The number of rotatable bonds is 6. The van der Waals surface area contributed by atoms with Gasteiger partial charge in [-0.05, 0) is 27.8 Å². The van der Waals surface area contributed by atoms with E-state index < -0.39 is 0 Å². The Labute approximate surface area is 95.9 Å². The van der Waals surface area contributed by atoms with Crippen molar-refractivity contribution < 1.29 is 4.74 Å². The third-order valence-electron chi connectivity index (χ3n) is 2.16. The van der Waals surface area contributed by atoms with Gasteiger partial charge in [0, 0.05) is 17.8 Å². The molecule has 0 saturated carbocycles. The zero-order chi connectivity index (χ0) is 11.3. The van der Waals surface area contributed by atoms with Gasteiger partial charge in [-0.1, -0.05) is 0 Å². The number of aryl methyl sites for hydroxylation is 1. The molecule has 0 aromatic carbocycles. The van der Waals surface area contributed by atoms with E-state index in [9.17, 15) is 0 Å². The number of thiazole rings is 1. The van der Waals surface area contributed by atoms with Crippen LogP contribution in [0.4, 0.5) is 0 Å². The molecule has 1 rings (SSSR count). The van der Waals surface area contributed by atoms with E-state index in [1.165, 1.54) is 0 Å². The predicted octanol–water partition coefficient (Wildman–Crippen LogP) is 2.01. The Balaban J connectivity index is 2.39. The number of likely N-dealkylation sites (N-methyl/N-ethyl adjacent to an activating group) is 1. The second-order valence-corrected chi connectivity index (χ2v) is 4.99. The van der Waals surface area contributed by atoms with Gasteiger partial charge in [0.05, 0.1) is 23.4 Å². The summed E-state index contributed by atoms with van der Waals surface area (Å²) in [6, 6.07) is 0.355. The molecule has 86 valence electrons. The van der Waals surface area contributed by atoms with Gasteiger partial charge in [-0.3, -0.25) is 0 Å². The van der Waals surface area contributed by atoms with Crippen LogP contribution < -0.4 is 5.32 Å². The molecule has 0 saturated heterocycles. The van der Waals surface area contributed by atoms with E-state index in [-0.39, 0.29) is 6.10 Å². The molecule has 4 heteroatoms. The minimum atomic E-state index is 0.290. The molecule has 15 heavy (non-hydrogen) atoms. The van der Waals surface area contributed by atoms with Crippen LogP contribution in [0.15, 0.2) is 5.38 Å². The lowest BCUT2D eigenvalue weighted by atomic mass is 10.2. The summed E-state index contributed by atoms with van der Waals surface area (Å²) < 4.78 is 5.59. The Bertz CT molecular complexity index is 286. The first-order valence-electron chi connectivity index (χ1n) is 5.31. The van der Waals surface area contributed by atoms with Crippen molar-refractivity contribution in [3.63, 3.8) is 0 Å². The SMILES string of the molecule is CNC(COC(C)C)Cc1csc(C)n1. The molecule has 0 aliphatic carbocycles. The molecule has 0 radical (unpaired) electrons. The van der Waals surface area contributed by atoms with Gasteiger partial charge in [0.25, 0.3) is 0 Å². The van der Waals surface area contributed by atoms with E-state index in [0.29, 0.717) is 6.04 Å². The first-order valence-corrected chi connectivity index (χ1v) is 6.19. The molecular formula is C11H20N2OS. The molecule has 0 aliphatic heterocycles. The summed E-state index contributed by atoms with van der Waals surface area (Å²) in [6.45, 7) is 6.89. The molecule has 0 spiro atoms. The van der Waals surface area contributed by atoms with Gasteiger partial charge >= 0.3 is 0 Å². The van der Waals surface area contributed by atoms with Crippen LogP contribution in [0.2, 0.25) is 0 Å². The smallest absolute Gasteiger partial charge is 0.0897 e. The number of nitrogens with zero attached hydrogens (tertiary/aromatic N) is 1. The van der Waals surface area contributed by atoms with Crippen molar-refractivity contribution in [2.45, 2.75) is 39.3 Å². The Morgan fingerprint density at radius 2 is 2.27 bits per heavy atom. The zero-order valence-corrected chi connectivity index (χ0v) is 10.7. The molecule has 0 amide bonds. The minimum absolute atomic E-state index is 0.290. The first kappa shape index (κ1) is 12.6. The van der Waals surface area contributed by atoms with E-state index in [1.807, 2.05) is 14.0 Å². The summed E-state index contributed by atoms with van der Waals surface area (Å²) in [7, 11) is 1.97. The Morgan fingerprint density at radius 1 is 1.53 bits per heavy atom. The number of hydrogen-bond donors (Lipinski definition) is 1. The largest absolute Gasteiger partial charge is 0.377 e. The average molecular weight is 228 g/mol. The molecule has 1 unspecified atom stereocenters. The van der Waals surface area contributed by atoms with Gasteiger partial charge in [0.15, 0.2) is 0 Å². The van der Waals surface area contributed by atoms with Crippen molar-refractivity contribution in [3.05, 3.63) is 16.1 Å². The standard InChI is InChI=1S/C11H20N2OS/c1-8(2)14-6-10(12-4)5-11-7-15-9(3)13-11/h7-8,10,12H,5-6H2,1-4H3. The van der Waals surface area contributed by atoms with Crippen LogP contribution in [0.5, 0.6) is 0 Å². The van der Waals surface area contributed by atoms with Crippen molar-refractivity contribution in [1.82, 2.24) is 10.3 Å².